The van der Waals surface area contributed by atoms with Gasteiger partial charge in [-0.2, -0.15) is 35.5 Å². The maximum Gasteiger partial charge on any atom is 0.416 e. The molecule has 10 nitrogen and oxygen atoms in total. The van der Waals surface area contributed by atoms with Crippen molar-refractivity contribution in [2.45, 2.75) is 44.1 Å². The van der Waals surface area contributed by atoms with E-state index < -0.39 is 46.0 Å². The Bertz CT molecular complexity index is 1160. The van der Waals surface area contributed by atoms with Gasteiger partial charge in [0.25, 0.3) is 10.2 Å². The highest BCUT2D eigenvalue weighted by Gasteiger charge is 2.44. The molecule has 2 amide bonds. The number of alkyl halides is 3. The Kier molecular flexibility index (Phi) is 7.80. The first-order chi connectivity index (χ1) is 17.4. The fourth-order valence-corrected chi connectivity index (χ4v) is 6.55. The number of nitrogens with zero attached hydrogens (tertiary/aromatic N) is 4. The third-order valence-corrected chi connectivity index (χ3v) is 8.99. The van der Waals surface area contributed by atoms with E-state index >= 15 is 0 Å². The maximum absolute atomic E-state index is 13.3. The SMILES string of the molecule is CC(NC(=O)[C@H]1CCCN1C(=O)[C@@H]1CN(S(=O)(=O)N2CC(C#N)C2)CCN1)c1ccc(C(F)(F)F)cc1. The molecular formula is C23H29F3N6O4S. The van der Waals surface area contributed by atoms with E-state index in [1.807, 2.05) is 6.07 Å². The summed E-state index contributed by atoms with van der Waals surface area (Å²) in [6.45, 7) is 2.63. The lowest BCUT2D eigenvalue weighted by Gasteiger charge is -2.41. The van der Waals surface area contributed by atoms with E-state index in [1.165, 1.54) is 25.6 Å². The van der Waals surface area contributed by atoms with Crippen molar-refractivity contribution in [3.8, 4) is 6.07 Å². The van der Waals surface area contributed by atoms with Crippen molar-refractivity contribution >= 4 is 22.0 Å². The van der Waals surface area contributed by atoms with Gasteiger partial charge in [-0.15, -0.1) is 0 Å². The van der Waals surface area contributed by atoms with Gasteiger partial charge < -0.3 is 15.5 Å². The molecule has 3 aliphatic heterocycles. The molecule has 0 spiro atoms. The van der Waals surface area contributed by atoms with Gasteiger partial charge in [-0.05, 0) is 37.5 Å². The van der Waals surface area contributed by atoms with Crippen molar-refractivity contribution in [2.24, 2.45) is 5.92 Å². The summed E-state index contributed by atoms with van der Waals surface area (Å²) in [6.07, 6.45) is -3.43. The highest BCUT2D eigenvalue weighted by atomic mass is 32.2. The molecule has 3 fully saturated rings. The number of hydrogen-bond acceptors (Lipinski definition) is 6. The third kappa shape index (κ3) is 5.74. The molecule has 1 aromatic rings. The second-order valence-corrected chi connectivity index (χ2v) is 11.5. The molecule has 0 saturated carbocycles. The summed E-state index contributed by atoms with van der Waals surface area (Å²) in [4.78, 5) is 27.8. The fourth-order valence-electron chi connectivity index (χ4n) is 4.83. The molecule has 0 aliphatic carbocycles. The Morgan fingerprint density at radius 2 is 1.81 bits per heavy atom. The number of hydrogen-bond donors (Lipinski definition) is 2. The van der Waals surface area contributed by atoms with Crippen LogP contribution in [0.2, 0.25) is 0 Å². The molecule has 3 atom stereocenters. The zero-order chi connectivity index (χ0) is 27.0. The average Bonchev–Trinajstić information content (AvgIpc) is 3.32. The Hall–Kier alpha value is -2.73. The van der Waals surface area contributed by atoms with Crippen LogP contribution in [0.1, 0.15) is 36.9 Å². The third-order valence-electron chi connectivity index (χ3n) is 7.05. The first-order valence-corrected chi connectivity index (χ1v) is 13.5. The van der Waals surface area contributed by atoms with Crippen molar-refractivity contribution in [1.82, 2.24) is 24.1 Å². The van der Waals surface area contributed by atoms with Gasteiger partial charge in [-0.3, -0.25) is 9.59 Å². The van der Waals surface area contributed by atoms with Crippen LogP contribution in [0.25, 0.3) is 0 Å². The molecule has 3 saturated heterocycles. The zero-order valence-corrected chi connectivity index (χ0v) is 21.1. The second-order valence-electron chi connectivity index (χ2n) is 9.56. The number of rotatable bonds is 6. The first-order valence-electron chi connectivity index (χ1n) is 12.1. The van der Waals surface area contributed by atoms with Crippen LogP contribution in [0, 0.1) is 17.2 Å². The summed E-state index contributed by atoms with van der Waals surface area (Å²) in [5, 5.41) is 14.8. The predicted molar refractivity (Wildman–Crippen MR) is 126 cm³/mol. The maximum atomic E-state index is 13.3. The highest BCUT2D eigenvalue weighted by Crippen LogP contribution is 2.30. The summed E-state index contributed by atoms with van der Waals surface area (Å²) >= 11 is 0. The van der Waals surface area contributed by atoms with E-state index in [-0.39, 0.29) is 44.5 Å². The van der Waals surface area contributed by atoms with E-state index in [1.54, 1.807) is 6.92 Å². The van der Waals surface area contributed by atoms with Crippen LogP contribution in [0.4, 0.5) is 13.2 Å². The lowest BCUT2D eigenvalue weighted by molar-refractivity contribution is -0.140. The quantitative estimate of drug-likeness (QED) is 0.549. The summed E-state index contributed by atoms with van der Waals surface area (Å²) in [7, 11) is -3.79. The standard InChI is InChI=1S/C23H29F3N6O4S/c1-15(17-4-6-18(7-5-17)23(24,25)26)29-21(33)20-3-2-9-32(20)22(34)19-14-30(10-8-28-19)37(35,36)31-12-16(11-27)13-31/h4-7,15-16,19-20,28H,2-3,8-10,12-14H2,1H3,(H,29,33)/t15?,19-,20+/m0/s1. The highest BCUT2D eigenvalue weighted by molar-refractivity contribution is 7.86. The number of halogens is 3. The number of benzene rings is 1. The topological polar surface area (TPSA) is 126 Å². The van der Waals surface area contributed by atoms with E-state index in [9.17, 15) is 31.2 Å². The van der Waals surface area contributed by atoms with Crippen molar-refractivity contribution in [1.29, 1.82) is 5.26 Å². The predicted octanol–water partition coefficient (Wildman–Crippen LogP) is 0.848. The summed E-state index contributed by atoms with van der Waals surface area (Å²) in [6, 6.07) is 4.41. The summed E-state index contributed by atoms with van der Waals surface area (Å²) in [5.41, 5.74) is -0.283. The summed E-state index contributed by atoms with van der Waals surface area (Å²) in [5.74, 6) is -1.12. The Labute approximate surface area is 213 Å². The number of amides is 2. The molecule has 3 aliphatic rings. The van der Waals surface area contributed by atoms with Gasteiger partial charge in [0.05, 0.1) is 23.6 Å². The minimum Gasteiger partial charge on any atom is -0.348 e. The van der Waals surface area contributed by atoms with Gasteiger partial charge in [-0.25, -0.2) is 0 Å². The zero-order valence-electron chi connectivity index (χ0n) is 20.2. The van der Waals surface area contributed by atoms with Crippen molar-refractivity contribution in [3.63, 3.8) is 0 Å². The molecule has 0 aromatic heterocycles. The molecular weight excluding hydrogens is 513 g/mol. The number of carbonyl (C=O) groups excluding carboxylic acids is 2. The van der Waals surface area contributed by atoms with E-state index in [2.05, 4.69) is 10.6 Å². The number of likely N-dealkylation sites (tertiary alicyclic amines) is 1. The molecule has 3 heterocycles. The minimum atomic E-state index is -4.45. The molecule has 1 unspecified atom stereocenters. The van der Waals surface area contributed by atoms with Crippen LogP contribution in [-0.4, -0.2) is 85.1 Å². The molecule has 1 aromatic carbocycles. The van der Waals surface area contributed by atoms with Crippen LogP contribution >= 0.6 is 0 Å². The molecule has 0 radical (unpaired) electrons. The molecule has 37 heavy (non-hydrogen) atoms. The Morgan fingerprint density at radius 3 is 2.43 bits per heavy atom. The fraction of sp³-hybridized carbons (Fsp3) is 0.609. The van der Waals surface area contributed by atoms with Gasteiger partial charge in [-0.1, -0.05) is 12.1 Å². The van der Waals surface area contributed by atoms with Gasteiger partial charge in [0, 0.05) is 39.3 Å². The normalized spacial score (nSPS) is 24.8. The Balaban J connectivity index is 1.37. The van der Waals surface area contributed by atoms with Crippen molar-refractivity contribution in [2.75, 3.05) is 39.3 Å². The van der Waals surface area contributed by atoms with Gasteiger partial charge in [0.15, 0.2) is 0 Å². The molecule has 0 bridgehead atoms. The number of nitrogens with one attached hydrogen (secondary N) is 2. The van der Waals surface area contributed by atoms with E-state index in [0.717, 1.165) is 12.1 Å². The van der Waals surface area contributed by atoms with Crippen LogP contribution in [0.15, 0.2) is 24.3 Å². The monoisotopic (exact) mass is 542 g/mol. The smallest absolute Gasteiger partial charge is 0.348 e. The lowest BCUT2D eigenvalue weighted by atomic mass is 10.0. The molecule has 14 heteroatoms. The van der Waals surface area contributed by atoms with Crippen LogP contribution < -0.4 is 10.6 Å². The number of piperazine rings is 1. The number of nitriles is 1. The average molecular weight is 543 g/mol. The van der Waals surface area contributed by atoms with Gasteiger partial charge in [0.2, 0.25) is 11.8 Å². The number of carbonyl (C=O) groups is 2. The molecule has 202 valence electrons. The lowest BCUT2D eigenvalue weighted by Crippen LogP contribution is -2.63. The van der Waals surface area contributed by atoms with Crippen molar-refractivity contribution < 1.29 is 31.2 Å². The van der Waals surface area contributed by atoms with Crippen LogP contribution in [0.3, 0.4) is 0 Å². The van der Waals surface area contributed by atoms with Gasteiger partial charge in [0.1, 0.15) is 12.1 Å². The second kappa shape index (κ2) is 10.6. The van der Waals surface area contributed by atoms with E-state index in [4.69, 9.17) is 5.26 Å². The molecule has 2 N–H and O–H groups in total. The van der Waals surface area contributed by atoms with Gasteiger partial charge >= 0.3 is 6.18 Å². The molecule has 4 rings (SSSR count). The van der Waals surface area contributed by atoms with Crippen molar-refractivity contribution in [3.05, 3.63) is 35.4 Å². The first kappa shape index (κ1) is 27.3. The van der Waals surface area contributed by atoms with Crippen LogP contribution in [-0.2, 0) is 26.0 Å². The van der Waals surface area contributed by atoms with Crippen LogP contribution in [0.5, 0.6) is 0 Å². The summed E-state index contributed by atoms with van der Waals surface area (Å²) < 4.78 is 66.7. The largest absolute Gasteiger partial charge is 0.416 e. The van der Waals surface area contributed by atoms with E-state index in [0.29, 0.717) is 24.9 Å². The Morgan fingerprint density at radius 1 is 1.14 bits per heavy atom. The minimum absolute atomic E-state index is 0.0817.